The number of imidazole rings is 1. The molecule has 0 spiro atoms. The van der Waals surface area contributed by atoms with Gasteiger partial charge in [0.2, 0.25) is 6.41 Å². The molecule has 0 aliphatic rings. The molecule has 174 valence electrons. The molecule has 0 radical (unpaired) electrons. The Morgan fingerprint density at radius 1 is 1.12 bits per heavy atom. The van der Waals surface area contributed by atoms with Crippen LogP contribution in [0.5, 0.6) is 0 Å². The summed E-state index contributed by atoms with van der Waals surface area (Å²) in [5, 5.41) is 13.7. The number of aliphatic carboxylic acids is 1. The van der Waals surface area contributed by atoms with Crippen LogP contribution in [0.2, 0.25) is 0 Å². The second-order valence-corrected chi connectivity index (χ2v) is 6.53. The van der Waals surface area contributed by atoms with Crippen molar-refractivity contribution in [1.82, 2.24) is 9.97 Å². The molecule has 2 aromatic carbocycles. The number of rotatable bonds is 7. The zero-order valence-electron chi connectivity index (χ0n) is 17.2. The first-order valence-corrected chi connectivity index (χ1v) is 9.31. The van der Waals surface area contributed by atoms with Gasteiger partial charge < -0.3 is 26.5 Å². The van der Waals surface area contributed by atoms with E-state index in [1.165, 1.54) is 12.1 Å². The third-order valence-corrected chi connectivity index (χ3v) is 4.21. The van der Waals surface area contributed by atoms with Gasteiger partial charge in [-0.05, 0) is 29.8 Å². The van der Waals surface area contributed by atoms with Crippen LogP contribution >= 0.6 is 0 Å². The van der Waals surface area contributed by atoms with Crippen molar-refractivity contribution in [2.45, 2.75) is 12.6 Å². The largest absolute Gasteiger partial charge is 0.481 e. The summed E-state index contributed by atoms with van der Waals surface area (Å²) in [6.07, 6.45) is -3.96. The Balaban J connectivity index is 0.000000257. The Bertz CT molecular complexity index is 1110. The van der Waals surface area contributed by atoms with Crippen LogP contribution in [0.25, 0.3) is 11.4 Å². The van der Waals surface area contributed by atoms with E-state index in [-0.39, 0.29) is 12.1 Å². The third-order valence-electron chi connectivity index (χ3n) is 4.21. The number of nitrogens with one attached hydrogen (secondary N) is 3. The van der Waals surface area contributed by atoms with Crippen molar-refractivity contribution >= 4 is 29.8 Å². The molecule has 0 saturated carbocycles. The van der Waals surface area contributed by atoms with Gasteiger partial charge in [0.05, 0.1) is 12.0 Å². The lowest BCUT2D eigenvalue weighted by Gasteiger charge is -2.06. The molecule has 1 aromatic heterocycles. The minimum Gasteiger partial charge on any atom is -0.481 e. The maximum Gasteiger partial charge on any atom is 0.416 e. The van der Waals surface area contributed by atoms with Crippen LogP contribution in [-0.4, -0.2) is 40.4 Å². The molecule has 2 amide bonds. The van der Waals surface area contributed by atoms with Crippen molar-refractivity contribution in [3.8, 4) is 11.4 Å². The van der Waals surface area contributed by atoms with Crippen LogP contribution in [0.4, 0.5) is 24.7 Å². The average Bonchev–Trinajstić information content (AvgIpc) is 3.19. The zero-order valence-corrected chi connectivity index (χ0v) is 17.2. The Morgan fingerprint density at radius 2 is 1.73 bits per heavy atom. The highest BCUT2D eigenvalue weighted by atomic mass is 19.4. The SMILES string of the molecule is CNc1nc(-c2ccc(CC(=O)O)cc2)[nH]c1C(N)=O.O=CNc1ccc(C(F)(F)F)cc1. The summed E-state index contributed by atoms with van der Waals surface area (Å²) in [5.74, 6) is -0.619. The number of carboxylic acids is 1. The van der Waals surface area contributed by atoms with Crippen molar-refractivity contribution in [3.05, 3.63) is 65.4 Å². The van der Waals surface area contributed by atoms with E-state index in [1.807, 2.05) is 0 Å². The van der Waals surface area contributed by atoms with Crippen molar-refractivity contribution < 1.29 is 32.7 Å². The predicted molar refractivity (Wildman–Crippen MR) is 115 cm³/mol. The van der Waals surface area contributed by atoms with Gasteiger partial charge in [-0.1, -0.05) is 24.3 Å². The summed E-state index contributed by atoms with van der Waals surface area (Å²) in [4.78, 5) is 38.8. The lowest BCUT2D eigenvalue weighted by Crippen LogP contribution is -2.13. The van der Waals surface area contributed by atoms with Crippen molar-refractivity contribution in [3.63, 3.8) is 0 Å². The molecule has 0 fully saturated rings. The number of halogens is 3. The topological polar surface area (TPSA) is 150 Å². The number of aromatic amines is 1. The summed E-state index contributed by atoms with van der Waals surface area (Å²) >= 11 is 0. The Labute approximate surface area is 185 Å². The van der Waals surface area contributed by atoms with Gasteiger partial charge in [0.1, 0.15) is 11.5 Å². The van der Waals surface area contributed by atoms with E-state index in [4.69, 9.17) is 10.8 Å². The second-order valence-electron chi connectivity index (χ2n) is 6.53. The van der Waals surface area contributed by atoms with Gasteiger partial charge in [0, 0.05) is 18.3 Å². The monoisotopic (exact) mass is 463 g/mol. The summed E-state index contributed by atoms with van der Waals surface area (Å²) in [7, 11) is 1.64. The molecule has 1 heterocycles. The Hall–Kier alpha value is -4.35. The number of carbonyl (C=O) groups excluding carboxylic acids is 2. The van der Waals surface area contributed by atoms with Gasteiger partial charge in [-0.3, -0.25) is 14.4 Å². The highest BCUT2D eigenvalue weighted by Gasteiger charge is 2.29. The summed E-state index contributed by atoms with van der Waals surface area (Å²) in [5.41, 5.74) is 6.48. The number of benzene rings is 2. The molecule has 0 aliphatic carbocycles. The number of hydrogen-bond donors (Lipinski definition) is 5. The van der Waals surface area contributed by atoms with E-state index in [1.54, 1.807) is 31.3 Å². The molecule has 12 heteroatoms. The van der Waals surface area contributed by atoms with Crippen LogP contribution in [0.1, 0.15) is 21.6 Å². The molecule has 0 aliphatic heterocycles. The first-order valence-electron chi connectivity index (χ1n) is 9.31. The lowest BCUT2D eigenvalue weighted by atomic mass is 10.1. The Morgan fingerprint density at radius 3 is 2.15 bits per heavy atom. The van der Waals surface area contributed by atoms with E-state index < -0.39 is 23.6 Å². The molecule has 0 unspecified atom stereocenters. The number of nitrogens with zero attached hydrogens (tertiary/aromatic N) is 1. The highest BCUT2D eigenvalue weighted by Crippen LogP contribution is 2.29. The number of H-pyrrole nitrogens is 1. The fraction of sp³-hybridized carbons (Fsp3) is 0.143. The normalized spacial score (nSPS) is 10.5. The number of anilines is 2. The maximum atomic E-state index is 12.0. The fourth-order valence-electron chi connectivity index (χ4n) is 2.65. The number of primary amides is 1. The number of amides is 2. The van der Waals surface area contributed by atoms with Crippen molar-refractivity contribution in [1.29, 1.82) is 0 Å². The van der Waals surface area contributed by atoms with E-state index >= 15 is 0 Å². The molecule has 0 saturated heterocycles. The molecule has 3 aromatic rings. The van der Waals surface area contributed by atoms with Gasteiger partial charge in [0.25, 0.3) is 5.91 Å². The number of nitrogens with two attached hydrogens (primary N) is 1. The molecular formula is C21H20F3N5O4. The highest BCUT2D eigenvalue weighted by molar-refractivity contribution is 5.96. The van der Waals surface area contributed by atoms with Gasteiger partial charge in [-0.2, -0.15) is 13.2 Å². The third kappa shape index (κ3) is 7.09. The Kier molecular flexibility index (Phi) is 8.15. The number of alkyl halides is 3. The first kappa shape index (κ1) is 24.9. The predicted octanol–water partition coefficient (Wildman–Crippen LogP) is 3.12. The lowest BCUT2D eigenvalue weighted by molar-refractivity contribution is -0.138. The minimum absolute atomic E-state index is 0.0350. The molecule has 0 atom stereocenters. The number of hydrogen-bond acceptors (Lipinski definition) is 5. The van der Waals surface area contributed by atoms with Crippen LogP contribution < -0.4 is 16.4 Å². The van der Waals surface area contributed by atoms with Gasteiger partial charge in [-0.15, -0.1) is 0 Å². The molecule has 33 heavy (non-hydrogen) atoms. The molecule has 0 bridgehead atoms. The summed E-state index contributed by atoms with van der Waals surface area (Å²) in [6, 6.07) is 11.1. The number of carboxylic acid groups (broad SMARTS) is 1. The minimum atomic E-state index is -4.33. The van der Waals surface area contributed by atoms with Crippen LogP contribution in [0.15, 0.2) is 48.5 Å². The summed E-state index contributed by atoms with van der Waals surface area (Å²) in [6.45, 7) is 0. The van der Waals surface area contributed by atoms with E-state index in [9.17, 15) is 27.6 Å². The number of carbonyl (C=O) groups is 3. The quantitative estimate of drug-likeness (QED) is 0.340. The number of aromatic nitrogens is 2. The van der Waals surface area contributed by atoms with Crippen LogP contribution in [-0.2, 0) is 22.2 Å². The van der Waals surface area contributed by atoms with E-state index in [0.29, 0.717) is 29.3 Å². The second kappa shape index (κ2) is 10.8. The van der Waals surface area contributed by atoms with Gasteiger partial charge in [-0.25, -0.2) is 4.98 Å². The van der Waals surface area contributed by atoms with E-state index in [0.717, 1.165) is 17.7 Å². The van der Waals surface area contributed by atoms with E-state index in [2.05, 4.69) is 20.6 Å². The first-order chi connectivity index (χ1) is 15.5. The van der Waals surface area contributed by atoms with Crippen molar-refractivity contribution in [2.75, 3.05) is 17.7 Å². The van der Waals surface area contributed by atoms with Crippen LogP contribution in [0.3, 0.4) is 0 Å². The van der Waals surface area contributed by atoms with Crippen LogP contribution in [0, 0.1) is 0 Å². The fourth-order valence-corrected chi connectivity index (χ4v) is 2.65. The molecule has 9 nitrogen and oxygen atoms in total. The molecule has 6 N–H and O–H groups in total. The smallest absolute Gasteiger partial charge is 0.416 e. The zero-order chi connectivity index (χ0) is 24.6. The molecule has 3 rings (SSSR count). The molecular weight excluding hydrogens is 443 g/mol. The summed E-state index contributed by atoms with van der Waals surface area (Å²) < 4.78 is 36.0. The standard InChI is InChI=1S/C13H14N4O3.C8H6F3NO/c1-15-13-10(11(14)20)16-12(17-13)8-4-2-7(3-5-8)6-9(18)19;9-8(10,11)6-1-3-7(4-2-6)12-5-13/h2-5,15H,6H2,1H3,(H2,14,20)(H,16,17)(H,18,19);1-5H,(H,12,13). The van der Waals surface area contributed by atoms with Gasteiger partial charge in [0.15, 0.2) is 5.82 Å². The van der Waals surface area contributed by atoms with Crippen molar-refractivity contribution in [2.24, 2.45) is 5.73 Å². The average molecular weight is 463 g/mol. The van der Waals surface area contributed by atoms with Gasteiger partial charge >= 0.3 is 12.1 Å². The maximum absolute atomic E-state index is 12.0.